The highest BCUT2D eigenvalue weighted by molar-refractivity contribution is 6.02. The number of amides is 2. The molecule has 4 heteroatoms. The molecular weight excluding hydrogens is 336 g/mol. The lowest BCUT2D eigenvalue weighted by Gasteiger charge is -2.24. The van der Waals surface area contributed by atoms with Crippen LogP contribution in [0.5, 0.6) is 0 Å². The first-order chi connectivity index (χ1) is 12.6. The fraction of sp³-hybridized carbons (Fsp3) is 0.391. The van der Waals surface area contributed by atoms with Gasteiger partial charge >= 0.3 is 0 Å². The molecule has 0 fully saturated rings. The predicted octanol–water partition coefficient (Wildman–Crippen LogP) is 4.85. The van der Waals surface area contributed by atoms with Crippen molar-refractivity contribution in [2.24, 2.45) is 0 Å². The van der Waals surface area contributed by atoms with Crippen molar-refractivity contribution >= 4 is 23.2 Å². The van der Waals surface area contributed by atoms with Crippen LogP contribution in [-0.4, -0.2) is 18.4 Å². The summed E-state index contributed by atoms with van der Waals surface area (Å²) in [6.07, 6.45) is 0.835. The number of nitrogens with zero attached hydrogens (tertiary/aromatic N) is 1. The number of benzene rings is 2. The molecule has 27 heavy (non-hydrogen) atoms. The molecule has 0 saturated heterocycles. The summed E-state index contributed by atoms with van der Waals surface area (Å²) in [6.45, 7) is 11.9. The van der Waals surface area contributed by atoms with Gasteiger partial charge in [0.05, 0.1) is 0 Å². The van der Waals surface area contributed by atoms with Crippen molar-refractivity contribution in [3.63, 3.8) is 0 Å². The summed E-state index contributed by atoms with van der Waals surface area (Å²) in [4.78, 5) is 26.3. The van der Waals surface area contributed by atoms with Crippen LogP contribution in [0.1, 0.15) is 51.3 Å². The number of hydrogen-bond acceptors (Lipinski definition) is 2. The van der Waals surface area contributed by atoms with E-state index in [1.165, 1.54) is 17.4 Å². The second-order valence-corrected chi connectivity index (χ2v) is 7.91. The molecule has 2 aromatic rings. The Morgan fingerprint density at radius 3 is 2.19 bits per heavy atom. The number of carbonyl (C=O) groups is 2. The smallest absolute Gasteiger partial charge is 0.244 e. The predicted molar refractivity (Wildman–Crippen MR) is 112 cm³/mol. The third kappa shape index (κ3) is 5.19. The Hall–Kier alpha value is -2.62. The van der Waals surface area contributed by atoms with Gasteiger partial charge in [-0.05, 0) is 47.6 Å². The van der Waals surface area contributed by atoms with E-state index in [4.69, 9.17) is 0 Å². The van der Waals surface area contributed by atoms with Crippen LogP contribution in [0.2, 0.25) is 0 Å². The molecule has 0 aromatic heterocycles. The van der Waals surface area contributed by atoms with Crippen LogP contribution in [0.25, 0.3) is 0 Å². The highest BCUT2D eigenvalue weighted by Crippen LogP contribution is 2.25. The summed E-state index contributed by atoms with van der Waals surface area (Å²) in [6, 6.07) is 13.8. The molecule has 2 aromatic carbocycles. The maximum absolute atomic E-state index is 12.6. The van der Waals surface area contributed by atoms with Gasteiger partial charge in [-0.2, -0.15) is 0 Å². The summed E-state index contributed by atoms with van der Waals surface area (Å²) in [5.41, 5.74) is 4.91. The third-order valence-electron chi connectivity index (χ3n) is 4.73. The lowest BCUT2D eigenvalue weighted by atomic mass is 9.87. The van der Waals surface area contributed by atoms with E-state index in [-0.39, 0.29) is 23.8 Å². The van der Waals surface area contributed by atoms with Crippen molar-refractivity contribution in [2.75, 3.05) is 16.8 Å². The van der Waals surface area contributed by atoms with Crippen LogP contribution in [0, 0.1) is 6.92 Å². The Labute approximate surface area is 162 Å². The zero-order valence-electron chi connectivity index (χ0n) is 17.2. The molecule has 0 spiro atoms. The van der Waals surface area contributed by atoms with Gasteiger partial charge in [-0.1, -0.05) is 58.0 Å². The van der Waals surface area contributed by atoms with Gasteiger partial charge in [0.15, 0.2) is 0 Å². The molecule has 4 nitrogen and oxygen atoms in total. The molecule has 0 aliphatic carbocycles. The van der Waals surface area contributed by atoms with E-state index in [2.05, 4.69) is 33.0 Å². The number of anilines is 2. The largest absolute Gasteiger partial charge is 0.324 e. The van der Waals surface area contributed by atoms with E-state index < -0.39 is 0 Å². The molecule has 2 amide bonds. The van der Waals surface area contributed by atoms with Crippen LogP contribution >= 0.6 is 0 Å². The molecule has 0 bridgehead atoms. The summed E-state index contributed by atoms with van der Waals surface area (Å²) in [5.74, 6) is -0.358. The second-order valence-electron chi connectivity index (χ2n) is 7.91. The third-order valence-corrected chi connectivity index (χ3v) is 4.73. The van der Waals surface area contributed by atoms with E-state index in [1.807, 2.05) is 49.4 Å². The zero-order chi connectivity index (χ0) is 20.2. The van der Waals surface area contributed by atoms with Crippen LogP contribution in [0.15, 0.2) is 42.5 Å². The molecule has 0 saturated carbocycles. The van der Waals surface area contributed by atoms with Crippen molar-refractivity contribution in [3.05, 3.63) is 59.2 Å². The number of para-hydroxylation sites is 1. The molecule has 0 aliphatic heterocycles. The Morgan fingerprint density at radius 2 is 1.67 bits per heavy atom. The Morgan fingerprint density at radius 1 is 1.04 bits per heavy atom. The van der Waals surface area contributed by atoms with E-state index in [0.29, 0.717) is 0 Å². The summed E-state index contributed by atoms with van der Waals surface area (Å²) in [5, 5.41) is 2.99. The Balaban J connectivity index is 2.19. The van der Waals surface area contributed by atoms with Gasteiger partial charge in [-0.3, -0.25) is 9.59 Å². The normalized spacial score (nSPS) is 11.2. The first-order valence-electron chi connectivity index (χ1n) is 9.40. The molecular formula is C23H30N2O2. The van der Waals surface area contributed by atoms with Gasteiger partial charge in [0.25, 0.3) is 0 Å². The second kappa shape index (κ2) is 8.38. The average molecular weight is 367 g/mol. The van der Waals surface area contributed by atoms with Gasteiger partial charge in [0, 0.05) is 18.3 Å². The Kier molecular flexibility index (Phi) is 6.42. The minimum atomic E-state index is -0.200. The Bertz CT molecular complexity index is 817. The van der Waals surface area contributed by atoms with Gasteiger partial charge in [-0.25, -0.2) is 0 Å². The van der Waals surface area contributed by atoms with E-state index in [0.717, 1.165) is 28.9 Å². The number of nitrogens with one attached hydrogen (secondary N) is 1. The quantitative estimate of drug-likeness (QED) is 0.822. The standard InChI is InChI=1S/C23H30N2O2/c1-7-18-10-8-9-16(2)22(18)24-21(27)15-25(17(3)26)20-13-11-19(12-14-20)23(4,5)6/h8-14H,7,15H2,1-6H3,(H,24,27). The van der Waals surface area contributed by atoms with Crippen molar-refractivity contribution in [2.45, 2.75) is 53.4 Å². The van der Waals surface area contributed by atoms with Crippen LogP contribution in [-0.2, 0) is 21.4 Å². The van der Waals surface area contributed by atoms with Crippen LogP contribution < -0.4 is 10.2 Å². The molecule has 0 radical (unpaired) electrons. The molecule has 2 rings (SSSR count). The monoisotopic (exact) mass is 366 g/mol. The number of rotatable bonds is 5. The van der Waals surface area contributed by atoms with Gasteiger partial charge < -0.3 is 10.2 Å². The van der Waals surface area contributed by atoms with Gasteiger partial charge in [-0.15, -0.1) is 0 Å². The van der Waals surface area contributed by atoms with Crippen molar-refractivity contribution in [3.8, 4) is 0 Å². The molecule has 144 valence electrons. The fourth-order valence-corrected chi connectivity index (χ4v) is 3.05. The van der Waals surface area contributed by atoms with Gasteiger partial charge in [0.2, 0.25) is 11.8 Å². The highest BCUT2D eigenvalue weighted by atomic mass is 16.2. The first-order valence-corrected chi connectivity index (χ1v) is 9.40. The molecule has 0 atom stereocenters. The first kappa shape index (κ1) is 20.7. The summed E-state index contributed by atoms with van der Waals surface area (Å²) < 4.78 is 0. The SMILES string of the molecule is CCc1cccc(C)c1NC(=O)CN(C(C)=O)c1ccc(C(C)(C)C)cc1. The van der Waals surface area contributed by atoms with Crippen molar-refractivity contribution in [1.29, 1.82) is 0 Å². The number of aryl methyl sites for hydroxylation is 2. The fourth-order valence-electron chi connectivity index (χ4n) is 3.05. The van der Waals surface area contributed by atoms with E-state index in [9.17, 15) is 9.59 Å². The maximum atomic E-state index is 12.6. The van der Waals surface area contributed by atoms with Gasteiger partial charge in [0.1, 0.15) is 6.54 Å². The lowest BCUT2D eigenvalue weighted by Crippen LogP contribution is -2.37. The number of hydrogen-bond donors (Lipinski definition) is 1. The minimum absolute atomic E-state index is 0.0122. The van der Waals surface area contributed by atoms with E-state index in [1.54, 1.807) is 0 Å². The van der Waals surface area contributed by atoms with Crippen LogP contribution in [0.3, 0.4) is 0 Å². The lowest BCUT2D eigenvalue weighted by molar-refractivity contribution is -0.120. The molecule has 0 unspecified atom stereocenters. The van der Waals surface area contributed by atoms with Crippen molar-refractivity contribution < 1.29 is 9.59 Å². The molecule has 0 aliphatic rings. The summed E-state index contributed by atoms with van der Waals surface area (Å²) in [7, 11) is 0. The average Bonchev–Trinajstić information content (AvgIpc) is 2.60. The maximum Gasteiger partial charge on any atom is 0.244 e. The van der Waals surface area contributed by atoms with Crippen LogP contribution in [0.4, 0.5) is 11.4 Å². The number of carbonyl (C=O) groups excluding carboxylic acids is 2. The molecule has 1 N–H and O–H groups in total. The summed E-state index contributed by atoms with van der Waals surface area (Å²) >= 11 is 0. The van der Waals surface area contributed by atoms with Crippen molar-refractivity contribution in [1.82, 2.24) is 0 Å². The van der Waals surface area contributed by atoms with E-state index >= 15 is 0 Å². The molecule has 0 heterocycles. The topological polar surface area (TPSA) is 49.4 Å². The minimum Gasteiger partial charge on any atom is -0.324 e. The highest BCUT2D eigenvalue weighted by Gasteiger charge is 2.19. The zero-order valence-corrected chi connectivity index (χ0v) is 17.2.